The molecule has 0 aliphatic heterocycles. The van der Waals surface area contributed by atoms with Crippen molar-refractivity contribution < 1.29 is 35.8 Å². The lowest BCUT2D eigenvalue weighted by Crippen LogP contribution is -2.44. The van der Waals surface area contributed by atoms with Crippen LogP contribution in [0.15, 0.2) is 0 Å². The van der Waals surface area contributed by atoms with Crippen molar-refractivity contribution >= 4 is 42.6 Å². The van der Waals surface area contributed by atoms with Crippen molar-refractivity contribution in [3.63, 3.8) is 0 Å². The molecule has 1 atom stereocenters. The van der Waals surface area contributed by atoms with Gasteiger partial charge in [-0.2, -0.15) is 20.2 Å². The molecular weight excluding hydrogens is 454 g/mol. The monoisotopic (exact) mass is 489 g/mol. The third-order valence-corrected chi connectivity index (χ3v) is 8.97. The first kappa shape index (κ1) is 29.1. The normalized spacial score (nSPS) is 13.0. The molecule has 0 rings (SSSR count). The average molecular weight is 490 g/mol. The molecule has 0 heterocycles. The van der Waals surface area contributed by atoms with E-state index in [0.717, 1.165) is 0 Å². The zero-order chi connectivity index (χ0) is 23.0. The minimum Gasteiger partial charge on any atom is -0.377 e. The second-order valence-corrected chi connectivity index (χ2v) is 12.3. The minimum absolute atomic E-state index is 0.162. The summed E-state index contributed by atoms with van der Waals surface area (Å²) in [5.41, 5.74) is 0. The third-order valence-electron chi connectivity index (χ3n) is 4.10. The fraction of sp³-hybridized carbons (Fsp3) is 0.875. The minimum atomic E-state index is -4.00. The molecule has 0 radical (unpaired) electrons. The molecule has 0 aromatic heterocycles. The maximum absolute atomic E-state index is 11.9. The molecule has 11 nitrogen and oxygen atoms in total. The van der Waals surface area contributed by atoms with Gasteiger partial charge in [0.15, 0.2) is 0 Å². The summed E-state index contributed by atoms with van der Waals surface area (Å²) in [6.45, 7) is 2.90. The van der Waals surface area contributed by atoms with Crippen LogP contribution >= 0.6 is 11.8 Å². The molecule has 30 heavy (non-hydrogen) atoms. The van der Waals surface area contributed by atoms with Gasteiger partial charge < -0.3 is 29.2 Å². The van der Waals surface area contributed by atoms with Crippen molar-refractivity contribution in [2.45, 2.75) is 25.8 Å². The second-order valence-electron chi connectivity index (χ2n) is 6.49. The van der Waals surface area contributed by atoms with Crippen LogP contribution in [0.1, 0.15) is 19.8 Å². The summed E-state index contributed by atoms with van der Waals surface area (Å²) in [6.07, 6.45) is 0.829. The Bertz CT molecular complexity index is 597. The Balaban J connectivity index is 3.77. The zero-order valence-corrected chi connectivity index (χ0v) is 20.7. The topological polar surface area (TPSA) is 152 Å². The van der Waals surface area contributed by atoms with Gasteiger partial charge in [-0.05, 0) is 12.8 Å². The number of amides is 3. The number of thioether (sulfide) groups is 1. The molecule has 3 amide bonds. The van der Waals surface area contributed by atoms with Gasteiger partial charge >= 0.3 is 14.8 Å². The summed E-state index contributed by atoms with van der Waals surface area (Å²) in [7, 11) is -1.97. The molecule has 0 saturated heterocycles. The van der Waals surface area contributed by atoms with Crippen LogP contribution in [0, 0.1) is 5.92 Å². The van der Waals surface area contributed by atoms with Crippen molar-refractivity contribution in [1.29, 1.82) is 0 Å². The molecular formula is C16H35N3O8S2Si. The maximum atomic E-state index is 11.9. The quantitative estimate of drug-likeness (QED) is 0.128. The van der Waals surface area contributed by atoms with Crippen LogP contribution in [0.25, 0.3) is 0 Å². The molecule has 0 spiro atoms. The standard InChI is InChI=1S/C16H35N3O8S2Si/c1-14(15(20)17-7-5-11-29(22,23)24)13-28-10-9-19-16(21)18-8-6-12-30(25-2,26-3)27-4/h14H,5-13H2,1-4H3,(H,17,20)(H2,18,19,21)(H,22,23,24). The molecule has 0 aromatic rings. The summed E-state index contributed by atoms with van der Waals surface area (Å²) in [4.78, 5) is 23.6. The number of hydrogen-bond donors (Lipinski definition) is 4. The average Bonchev–Trinajstić information content (AvgIpc) is 2.70. The van der Waals surface area contributed by atoms with Crippen LogP contribution < -0.4 is 16.0 Å². The summed E-state index contributed by atoms with van der Waals surface area (Å²) in [6, 6.07) is 0.335. The van der Waals surface area contributed by atoms with Crippen molar-refractivity contribution in [3.05, 3.63) is 0 Å². The van der Waals surface area contributed by atoms with Gasteiger partial charge in [-0.3, -0.25) is 9.35 Å². The van der Waals surface area contributed by atoms with Gasteiger partial charge in [0.05, 0.1) is 5.75 Å². The number of rotatable bonds is 17. The van der Waals surface area contributed by atoms with Gasteiger partial charge in [0.1, 0.15) is 0 Å². The number of carbonyl (C=O) groups is 2. The SMILES string of the molecule is CO[Si](CCCNC(=O)NCCSCC(C)C(=O)NCCCS(=O)(=O)O)(OC)OC. The van der Waals surface area contributed by atoms with Crippen LogP contribution in [0.3, 0.4) is 0 Å². The highest BCUT2D eigenvalue weighted by Gasteiger charge is 2.36. The molecule has 178 valence electrons. The Morgan fingerprint density at radius 2 is 1.57 bits per heavy atom. The fourth-order valence-electron chi connectivity index (χ4n) is 2.34. The molecule has 0 aliphatic rings. The lowest BCUT2D eigenvalue weighted by Gasteiger charge is -2.24. The summed E-state index contributed by atoms with van der Waals surface area (Å²) in [5, 5.41) is 8.14. The number of carbonyl (C=O) groups excluding carboxylic acids is 2. The van der Waals surface area contributed by atoms with E-state index in [1.165, 1.54) is 11.8 Å². The highest BCUT2D eigenvalue weighted by atomic mass is 32.2. The van der Waals surface area contributed by atoms with Crippen LogP contribution in [0.4, 0.5) is 4.79 Å². The summed E-state index contributed by atoms with van der Waals surface area (Å²) >= 11 is 1.53. The fourth-order valence-corrected chi connectivity index (χ4v) is 5.49. The van der Waals surface area contributed by atoms with Gasteiger partial charge in [0.2, 0.25) is 5.91 Å². The number of hydrogen-bond acceptors (Lipinski definition) is 8. The van der Waals surface area contributed by atoms with Crippen molar-refractivity contribution in [3.8, 4) is 0 Å². The third kappa shape index (κ3) is 14.2. The summed E-state index contributed by atoms with van der Waals surface area (Å²) in [5.74, 6) is 0.428. The lowest BCUT2D eigenvalue weighted by molar-refractivity contribution is -0.123. The predicted octanol–water partition coefficient (Wildman–Crippen LogP) is 0.317. The highest BCUT2D eigenvalue weighted by Crippen LogP contribution is 2.14. The Kier molecular flexibility index (Phi) is 15.4. The van der Waals surface area contributed by atoms with Gasteiger partial charge in [-0.25, -0.2) is 4.79 Å². The van der Waals surface area contributed by atoms with Gasteiger partial charge in [0.25, 0.3) is 10.1 Å². The predicted molar refractivity (Wildman–Crippen MR) is 118 cm³/mol. The van der Waals surface area contributed by atoms with Crippen molar-refractivity contribution in [2.75, 3.05) is 58.2 Å². The molecule has 0 bridgehead atoms. The number of nitrogens with one attached hydrogen (secondary N) is 3. The van der Waals surface area contributed by atoms with Crippen LogP contribution in [0.2, 0.25) is 6.04 Å². The Hall–Kier alpha value is -0.903. The van der Waals surface area contributed by atoms with E-state index in [1.54, 1.807) is 28.3 Å². The number of urea groups is 1. The summed E-state index contributed by atoms with van der Waals surface area (Å²) < 4.78 is 45.8. The van der Waals surface area contributed by atoms with E-state index < -0.39 is 18.9 Å². The van der Waals surface area contributed by atoms with Gasteiger partial charge in [-0.1, -0.05) is 6.92 Å². The molecule has 0 aliphatic carbocycles. The molecule has 1 unspecified atom stereocenters. The molecule has 0 saturated carbocycles. The molecule has 14 heteroatoms. The first-order valence-corrected chi connectivity index (χ1v) is 14.3. The van der Waals surface area contributed by atoms with Gasteiger partial charge in [0, 0.05) is 64.4 Å². The Labute approximate surface area is 184 Å². The first-order valence-electron chi connectivity index (χ1n) is 9.57. The smallest absolute Gasteiger partial charge is 0.377 e. The van der Waals surface area contributed by atoms with E-state index in [-0.39, 0.29) is 36.6 Å². The van der Waals surface area contributed by atoms with Crippen LogP contribution in [0.5, 0.6) is 0 Å². The van der Waals surface area contributed by atoms with E-state index >= 15 is 0 Å². The Morgan fingerprint density at radius 1 is 1.00 bits per heavy atom. The lowest BCUT2D eigenvalue weighted by atomic mass is 10.2. The van der Waals surface area contributed by atoms with Crippen LogP contribution in [-0.4, -0.2) is 91.9 Å². The molecule has 0 fully saturated rings. The van der Waals surface area contributed by atoms with Crippen molar-refractivity contribution in [1.82, 2.24) is 16.0 Å². The van der Waals surface area contributed by atoms with Crippen molar-refractivity contribution in [2.24, 2.45) is 5.92 Å². The van der Waals surface area contributed by atoms with E-state index in [0.29, 0.717) is 37.1 Å². The first-order chi connectivity index (χ1) is 14.1. The van der Waals surface area contributed by atoms with E-state index in [2.05, 4.69) is 16.0 Å². The maximum Gasteiger partial charge on any atom is 0.500 e. The second kappa shape index (κ2) is 15.8. The molecule has 0 aromatic carbocycles. The van der Waals surface area contributed by atoms with E-state index in [1.807, 2.05) is 0 Å². The van der Waals surface area contributed by atoms with E-state index in [4.69, 9.17) is 17.8 Å². The Morgan fingerprint density at radius 3 is 2.13 bits per heavy atom. The van der Waals surface area contributed by atoms with E-state index in [9.17, 15) is 18.0 Å². The molecule has 4 N–H and O–H groups in total. The highest BCUT2D eigenvalue weighted by molar-refractivity contribution is 7.99. The van der Waals surface area contributed by atoms with Gasteiger partial charge in [-0.15, -0.1) is 0 Å². The zero-order valence-electron chi connectivity index (χ0n) is 18.1. The van der Waals surface area contributed by atoms with Crippen LogP contribution in [-0.2, 0) is 28.2 Å². The largest absolute Gasteiger partial charge is 0.500 e.